The third-order valence-corrected chi connectivity index (χ3v) is 4.13. The molecular weight excluding hydrogens is 320 g/mol. The van der Waals surface area contributed by atoms with Gasteiger partial charge in [-0.15, -0.1) is 0 Å². The highest BCUT2D eigenvalue weighted by Gasteiger charge is 2.22. The van der Waals surface area contributed by atoms with E-state index in [9.17, 15) is 4.79 Å². The third-order valence-electron chi connectivity index (χ3n) is 4.13. The van der Waals surface area contributed by atoms with Crippen molar-refractivity contribution in [3.05, 3.63) is 64.7 Å². The Morgan fingerprint density at radius 2 is 1.19 bits per heavy atom. The van der Waals surface area contributed by atoms with E-state index < -0.39 is 0 Å². The van der Waals surface area contributed by atoms with Crippen LogP contribution in [0, 0.1) is 6.92 Å². The molecule has 0 aromatic heterocycles. The highest BCUT2D eigenvalue weighted by atomic mass is 16.5. The zero-order valence-electron chi connectivity index (χ0n) is 17.9. The summed E-state index contributed by atoms with van der Waals surface area (Å²) in [4.78, 5) is 12.6. The topological polar surface area (TPSA) is 26.3 Å². The number of hydrogen-bond acceptors (Lipinski definition) is 2. The minimum absolute atomic E-state index is 0.0276. The normalized spacial score (nSPS) is 11.4. The van der Waals surface area contributed by atoms with Gasteiger partial charge in [0.15, 0.2) is 0 Å². The first-order valence-corrected chi connectivity index (χ1v) is 9.42. The molecule has 142 valence electrons. The Morgan fingerprint density at radius 1 is 0.769 bits per heavy atom. The molecule has 0 N–H and O–H groups in total. The molecule has 0 aliphatic rings. The molecule has 0 atom stereocenters. The molecule has 0 radical (unpaired) electrons. The predicted molar refractivity (Wildman–Crippen MR) is 111 cm³/mol. The molecule has 0 saturated heterocycles. The molecule has 2 rings (SSSR count). The molecule has 0 bridgehead atoms. The molecule has 0 heterocycles. The number of aryl methyl sites for hydroxylation is 1. The fraction of sp³-hybridized carbons (Fsp3) is 0.458. The van der Waals surface area contributed by atoms with Crippen LogP contribution in [0.25, 0.3) is 0 Å². The van der Waals surface area contributed by atoms with E-state index in [0.29, 0.717) is 11.3 Å². The van der Waals surface area contributed by atoms with E-state index in [1.54, 1.807) is 0 Å². The van der Waals surface area contributed by atoms with E-state index in [1.165, 1.54) is 0 Å². The van der Waals surface area contributed by atoms with Crippen molar-refractivity contribution in [2.45, 2.75) is 73.1 Å². The standard InChI is InChI=1S/C22H28O2.C2H6/c1-15-8-10-19(11-9-15)24-20(23)16-12-17(21(2,3)4)14-18(13-16)22(5,6)7;1-2/h8-14H,1-7H3;1-2H3. The van der Waals surface area contributed by atoms with Gasteiger partial charge in [-0.2, -0.15) is 0 Å². The summed E-state index contributed by atoms with van der Waals surface area (Å²) in [5.74, 6) is 0.263. The minimum atomic E-state index is -0.310. The molecule has 26 heavy (non-hydrogen) atoms. The van der Waals surface area contributed by atoms with Crippen molar-refractivity contribution in [3.8, 4) is 5.75 Å². The lowest BCUT2D eigenvalue weighted by Gasteiger charge is -2.25. The smallest absolute Gasteiger partial charge is 0.343 e. The average Bonchev–Trinajstić information content (AvgIpc) is 2.57. The van der Waals surface area contributed by atoms with Gasteiger partial charge < -0.3 is 4.74 Å². The lowest BCUT2D eigenvalue weighted by atomic mass is 9.79. The lowest BCUT2D eigenvalue weighted by Crippen LogP contribution is -2.19. The van der Waals surface area contributed by atoms with Gasteiger partial charge in [0, 0.05) is 0 Å². The Balaban J connectivity index is 0.00000163. The first-order chi connectivity index (χ1) is 12.0. The van der Waals surface area contributed by atoms with Crippen LogP contribution in [0.3, 0.4) is 0 Å². The van der Waals surface area contributed by atoms with E-state index in [2.05, 4.69) is 47.6 Å². The molecular formula is C24H34O2. The van der Waals surface area contributed by atoms with E-state index in [4.69, 9.17) is 4.74 Å². The van der Waals surface area contributed by atoms with Crippen molar-refractivity contribution in [3.63, 3.8) is 0 Å². The maximum Gasteiger partial charge on any atom is 0.343 e. The summed E-state index contributed by atoms with van der Waals surface area (Å²) in [5.41, 5.74) is 3.98. The molecule has 2 nitrogen and oxygen atoms in total. The molecule has 0 spiro atoms. The zero-order valence-corrected chi connectivity index (χ0v) is 17.9. The van der Waals surface area contributed by atoms with Crippen LogP contribution in [0.5, 0.6) is 5.75 Å². The molecule has 2 aromatic rings. The van der Waals surface area contributed by atoms with Crippen LogP contribution in [0.4, 0.5) is 0 Å². The number of carbonyl (C=O) groups excluding carboxylic acids is 1. The number of ether oxygens (including phenoxy) is 1. The van der Waals surface area contributed by atoms with Crippen LogP contribution >= 0.6 is 0 Å². The summed E-state index contributed by atoms with van der Waals surface area (Å²) in [5, 5.41) is 0. The highest BCUT2D eigenvalue weighted by Crippen LogP contribution is 2.30. The molecule has 2 heteroatoms. The quantitative estimate of drug-likeness (QED) is 0.436. The van der Waals surface area contributed by atoms with Crippen molar-refractivity contribution < 1.29 is 9.53 Å². The fourth-order valence-corrected chi connectivity index (χ4v) is 2.38. The molecule has 0 aliphatic carbocycles. The second kappa shape index (κ2) is 8.53. The predicted octanol–water partition coefficient (Wildman–Crippen LogP) is 6.84. The summed E-state index contributed by atoms with van der Waals surface area (Å²) in [6.45, 7) is 18.9. The van der Waals surface area contributed by atoms with E-state index >= 15 is 0 Å². The fourth-order valence-electron chi connectivity index (χ4n) is 2.38. The summed E-state index contributed by atoms with van der Waals surface area (Å²) < 4.78 is 5.55. The Kier molecular flexibility index (Phi) is 7.20. The SMILES string of the molecule is CC.Cc1ccc(OC(=O)c2cc(C(C)(C)C)cc(C(C)(C)C)c2)cc1. The number of benzene rings is 2. The first-order valence-electron chi connectivity index (χ1n) is 9.42. The van der Waals surface area contributed by atoms with Gasteiger partial charge in [-0.25, -0.2) is 4.79 Å². The summed E-state index contributed by atoms with van der Waals surface area (Å²) in [6, 6.07) is 13.6. The van der Waals surface area contributed by atoms with Crippen LogP contribution < -0.4 is 4.74 Å². The summed E-state index contributed by atoms with van der Waals surface area (Å²) in [6.07, 6.45) is 0. The van der Waals surface area contributed by atoms with Crippen LogP contribution in [0.2, 0.25) is 0 Å². The molecule has 0 amide bonds. The van der Waals surface area contributed by atoms with Crippen LogP contribution in [-0.2, 0) is 10.8 Å². The first kappa shape index (κ1) is 22.0. The van der Waals surface area contributed by atoms with Gasteiger partial charge >= 0.3 is 5.97 Å². The molecule has 0 saturated carbocycles. The lowest BCUT2D eigenvalue weighted by molar-refractivity contribution is 0.0734. The second-order valence-corrected chi connectivity index (χ2v) is 8.50. The Morgan fingerprint density at radius 3 is 1.58 bits per heavy atom. The van der Waals surface area contributed by atoms with Crippen molar-refractivity contribution >= 4 is 5.97 Å². The van der Waals surface area contributed by atoms with Gasteiger partial charge in [-0.1, -0.05) is 79.2 Å². The highest BCUT2D eigenvalue weighted by molar-refractivity contribution is 5.91. The van der Waals surface area contributed by atoms with Gasteiger partial charge in [0.2, 0.25) is 0 Å². The monoisotopic (exact) mass is 354 g/mol. The summed E-state index contributed by atoms with van der Waals surface area (Å²) >= 11 is 0. The number of esters is 1. The average molecular weight is 355 g/mol. The van der Waals surface area contributed by atoms with Gasteiger partial charge in [0.25, 0.3) is 0 Å². The molecule has 2 aromatic carbocycles. The van der Waals surface area contributed by atoms with E-state index in [1.807, 2.05) is 57.2 Å². The molecule has 0 fully saturated rings. The number of carbonyl (C=O) groups is 1. The van der Waals surface area contributed by atoms with Crippen LogP contribution in [-0.4, -0.2) is 5.97 Å². The molecule has 0 unspecified atom stereocenters. The van der Waals surface area contributed by atoms with Crippen molar-refractivity contribution in [2.75, 3.05) is 0 Å². The Hall–Kier alpha value is -2.09. The largest absolute Gasteiger partial charge is 0.423 e. The number of rotatable bonds is 2. The van der Waals surface area contributed by atoms with E-state index in [-0.39, 0.29) is 16.8 Å². The molecule has 0 aliphatic heterocycles. The van der Waals surface area contributed by atoms with Crippen molar-refractivity contribution in [2.24, 2.45) is 0 Å². The number of hydrogen-bond donors (Lipinski definition) is 0. The van der Waals surface area contributed by atoms with Gasteiger partial charge in [-0.3, -0.25) is 0 Å². The van der Waals surface area contributed by atoms with Gasteiger partial charge in [0.1, 0.15) is 5.75 Å². The zero-order chi connectivity index (χ0) is 20.1. The second-order valence-electron chi connectivity index (χ2n) is 8.50. The van der Waals surface area contributed by atoms with Crippen molar-refractivity contribution in [1.82, 2.24) is 0 Å². The third kappa shape index (κ3) is 6.01. The Bertz CT molecular complexity index is 694. The summed E-state index contributed by atoms with van der Waals surface area (Å²) in [7, 11) is 0. The van der Waals surface area contributed by atoms with Crippen molar-refractivity contribution in [1.29, 1.82) is 0 Å². The van der Waals surface area contributed by atoms with Gasteiger partial charge in [-0.05, 0) is 53.1 Å². The maximum absolute atomic E-state index is 12.6. The minimum Gasteiger partial charge on any atom is -0.423 e. The maximum atomic E-state index is 12.6. The Labute approximate surface area is 159 Å². The van der Waals surface area contributed by atoms with Gasteiger partial charge in [0.05, 0.1) is 5.56 Å². The van der Waals surface area contributed by atoms with Crippen LogP contribution in [0.1, 0.15) is 82.4 Å². The van der Waals surface area contributed by atoms with E-state index in [0.717, 1.165) is 16.7 Å². The van der Waals surface area contributed by atoms with Crippen LogP contribution in [0.15, 0.2) is 42.5 Å².